The van der Waals surface area contributed by atoms with Crippen molar-refractivity contribution in [1.82, 2.24) is 10.3 Å². The Kier molecular flexibility index (Phi) is 3.44. The Bertz CT molecular complexity index is 276. The van der Waals surface area contributed by atoms with E-state index in [1.807, 2.05) is 20.2 Å². The fourth-order valence-electron chi connectivity index (χ4n) is 1.02. The Morgan fingerprint density at radius 3 is 3.00 bits per heavy atom. The van der Waals surface area contributed by atoms with E-state index < -0.39 is 0 Å². The molecule has 1 heterocycles. The van der Waals surface area contributed by atoms with Gasteiger partial charge >= 0.3 is 0 Å². The summed E-state index contributed by atoms with van der Waals surface area (Å²) in [6.07, 6.45) is 4.08. The smallest absolute Gasteiger partial charge is 0.0900 e. The largest absolute Gasteiger partial charge is 0.316 e. The molecule has 0 amide bonds. The predicted molar refractivity (Wildman–Crippen MR) is 54.4 cm³/mol. The first-order valence-corrected chi connectivity index (χ1v) is 4.78. The second-order valence-electron chi connectivity index (χ2n) is 2.80. The molecule has 1 aromatic rings. The molecule has 0 atom stereocenters. The molecule has 0 bridgehead atoms. The molecule has 0 saturated heterocycles. The number of likely N-dealkylation sites (N-methyl/N-ethyl adjacent to an activating group) is 1. The van der Waals surface area contributed by atoms with Crippen LogP contribution >= 0.6 is 11.3 Å². The number of hydrogen-bond acceptors (Lipinski definition) is 3. The quantitative estimate of drug-likeness (QED) is 0.774. The molecule has 0 radical (unpaired) electrons. The average molecular weight is 182 g/mol. The lowest BCUT2D eigenvalue weighted by Crippen LogP contribution is -2.08. The van der Waals surface area contributed by atoms with Crippen molar-refractivity contribution < 1.29 is 0 Å². The van der Waals surface area contributed by atoms with Gasteiger partial charge in [-0.25, -0.2) is 4.98 Å². The highest BCUT2D eigenvalue weighted by Gasteiger charge is 1.94. The minimum absolute atomic E-state index is 0.941. The van der Waals surface area contributed by atoms with Gasteiger partial charge in [-0.3, -0.25) is 0 Å². The van der Waals surface area contributed by atoms with E-state index in [9.17, 15) is 0 Å². The monoisotopic (exact) mass is 182 g/mol. The molecule has 1 aromatic heterocycles. The fourth-order valence-corrected chi connectivity index (χ4v) is 1.83. The highest BCUT2D eigenvalue weighted by Crippen LogP contribution is 2.14. The van der Waals surface area contributed by atoms with Crippen LogP contribution in [0.25, 0.3) is 6.08 Å². The Labute approximate surface area is 77.3 Å². The van der Waals surface area contributed by atoms with E-state index in [2.05, 4.69) is 23.3 Å². The number of aryl methyl sites for hydroxylation is 1. The number of aromatic nitrogens is 1. The van der Waals surface area contributed by atoms with Gasteiger partial charge in [-0.15, -0.1) is 11.3 Å². The third-order valence-electron chi connectivity index (χ3n) is 1.48. The Balaban J connectivity index is 2.67. The van der Waals surface area contributed by atoms with Crippen LogP contribution in [0.3, 0.4) is 0 Å². The second kappa shape index (κ2) is 4.38. The van der Waals surface area contributed by atoms with Crippen molar-refractivity contribution in [3.63, 3.8) is 0 Å². The molecule has 1 N–H and O–H groups in total. The van der Waals surface area contributed by atoms with Crippen LogP contribution in [0.1, 0.15) is 16.8 Å². The SMILES string of the molecule is CNC/C(C)=C/c1cnc(C)s1. The molecule has 2 nitrogen and oxygen atoms in total. The lowest BCUT2D eigenvalue weighted by atomic mass is 10.3. The summed E-state index contributed by atoms with van der Waals surface area (Å²) in [6, 6.07) is 0. The predicted octanol–water partition coefficient (Wildman–Crippen LogP) is 2.07. The standard InChI is InChI=1S/C9H14N2S/c1-7(5-10-3)4-9-6-11-8(2)12-9/h4,6,10H,5H2,1-3H3/b7-4+. The molecule has 0 aliphatic rings. The van der Waals surface area contributed by atoms with Crippen molar-refractivity contribution >= 4 is 17.4 Å². The van der Waals surface area contributed by atoms with Gasteiger partial charge in [0.05, 0.1) is 5.01 Å². The maximum absolute atomic E-state index is 4.18. The Morgan fingerprint density at radius 2 is 2.50 bits per heavy atom. The van der Waals surface area contributed by atoms with Crippen LogP contribution in [0.4, 0.5) is 0 Å². The summed E-state index contributed by atoms with van der Waals surface area (Å²) in [5.74, 6) is 0. The average Bonchev–Trinajstić information content (AvgIpc) is 2.36. The van der Waals surface area contributed by atoms with Gasteiger partial charge in [-0.2, -0.15) is 0 Å². The number of thiazole rings is 1. The maximum atomic E-state index is 4.18. The van der Waals surface area contributed by atoms with Gasteiger partial charge in [0, 0.05) is 17.6 Å². The lowest BCUT2D eigenvalue weighted by Gasteiger charge is -1.96. The second-order valence-corrected chi connectivity index (χ2v) is 4.07. The fraction of sp³-hybridized carbons (Fsp3) is 0.444. The van der Waals surface area contributed by atoms with E-state index >= 15 is 0 Å². The van der Waals surface area contributed by atoms with Gasteiger partial charge in [0.2, 0.25) is 0 Å². The molecule has 0 saturated carbocycles. The molecule has 0 fully saturated rings. The Morgan fingerprint density at radius 1 is 1.75 bits per heavy atom. The van der Waals surface area contributed by atoms with E-state index in [1.54, 1.807) is 11.3 Å². The summed E-state index contributed by atoms with van der Waals surface area (Å²) >= 11 is 1.73. The topological polar surface area (TPSA) is 24.9 Å². The van der Waals surface area contributed by atoms with Crippen LogP contribution in [-0.2, 0) is 0 Å². The van der Waals surface area contributed by atoms with Crippen molar-refractivity contribution in [2.24, 2.45) is 0 Å². The molecule has 0 aliphatic carbocycles. The van der Waals surface area contributed by atoms with Crippen LogP contribution in [0.15, 0.2) is 11.8 Å². The van der Waals surface area contributed by atoms with E-state index in [0.29, 0.717) is 0 Å². The highest BCUT2D eigenvalue weighted by atomic mass is 32.1. The van der Waals surface area contributed by atoms with Gasteiger partial charge in [-0.1, -0.05) is 5.57 Å². The van der Waals surface area contributed by atoms with Gasteiger partial charge < -0.3 is 5.32 Å². The van der Waals surface area contributed by atoms with E-state index in [-0.39, 0.29) is 0 Å². The summed E-state index contributed by atoms with van der Waals surface area (Å²) in [5.41, 5.74) is 1.33. The number of nitrogens with zero attached hydrogens (tertiary/aromatic N) is 1. The Hall–Kier alpha value is -0.670. The van der Waals surface area contributed by atoms with Crippen molar-refractivity contribution in [2.75, 3.05) is 13.6 Å². The highest BCUT2D eigenvalue weighted by molar-refractivity contribution is 7.12. The normalized spacial score (nSPS) is 12.1. The van der Waals surface area contributed by atoms with Crippen LogP contribution in [-0.4, -0.2) is 18.6 Å². The molecule has 12 heavy (non-hydrogen) atoms. The molecule has 66 valence electrons. The van der Waals surface area contributed by atoms with Gasteiger partial charge in [0.1, 0.15) is 0 Å². The van der Waals surface area contributed by atoms with Crippen LogP contribution < -0.4 is 5.32 Å². The van der Waals surface area contributed by atoms with Gasteiger partial charge in [0.15, 0.2) is 0 Å². The van der Waals surface area contributed by atoms with Gasteiger partial charge in [-0.05, 0) is 27.0 Å². The third kappa shape index (κ3) is 2.75. The van der Waals surface area contributed by atoms with Crippen molar-refractivity contribution in [1.29, 1.82) is 0 Å². The maximum Gasteiger partial charge on any atom is 0.0900 e. The molecule has 0 aliphatic heterocycles. The number of hydrogen-bond donors (Lipinski definition) is 1. The number of rotatable bonds is 3. The zero-order valence-electron chi connectivity index (χ0n) is 7.72. The molecule has 1 rings (SSSR count). The summed E-state index contributed by atoms with van der Waals surface area (Å²) in [6.45, 7) is 5.08. The molecule has 0 spiro atoms. The van der Waals surface area contributed by atoms with Gasteiger partial charge in [0.25, 0.3) is 0 Å². The van der Waals surface area contributed by atoms with Crippen LogP contribution in [0.5, 0.6) is 0 Å². The summed E-state index contributed by atoms with van der Waals surface area (Å²) in [4.78, 5) is 5.42. The third-order valence-corrected chi connectivity index (χ3v) is 2.34. The van der Waals surface area contributed by atoms with Crippen molar-refractivity contribution in [3.05, 3.63) is 21.7 Å². The van der Waals surface area contributed by atoms with Crippen LogP contribution in [0, 0.1) is 6.92 Å². The number of nitrogens with one attached hydrogen (secondary N) is 1. The molecular weight excluding hydrogens is 168 g/mol. The molecule has 0 aromatic carbocycles. The summed E-state index contributed by atoms with van der Waals surface area (Å²) in [5, 5.41) is 4.23. The van der Waals surface area contributed by atoms with Crippen molar-refractivity contribution in [2.45, 2.75) is 13.8 Å². The van der Waals surface area contributed by atoms with Crippen molar-refractivity contribution in [3.8, 4) is 0 Å². The van der Waals surface area contributed by atoms with E-state index in [1.165, 1.54) is 10.5 Å². The zero-order chi connectivity index (χ0) is 8.97. The first kappa shape index (κ1) is 9.42. The van der Waals surface area contributed by atoms with E-state index in [4.69, 9.17) is 0 Å². The first-order valence-electron chi connectivity index (χ1n) is 3.96. The summed E-state index contributed by atoms with van der Waals surface area (Å²) in [7, 11) is 1.95. The summed E-state index contributed by atoms with van der Waals surface area (Å²) < 4.78 is 0. The minimum atomic E-state index is 0.941. The lowest BCUT2D eigenvalue weighted by molar-refractivity contribution is 0.885. The molecule has 3 heteroatoms. The van der Waals surface area contributed by atoms with Crippen LogP contribution in [0.2, 0.25) is 0 Å². The minimum Gasteiger partial charge on any atom is -0.316 e. The first-order chi connectivity index (χ1) is 5.72. The molecule has 0 unspecified atom stereocenters. The molecular formula is C9H14N2S. The zero-order valence-corrected chi connectivity index (χ0v) is 8.53. The van der Waals surface area contributed by atoms with E-state index in [0.717, 1.165) is 11.6 Å².